The number of carbonyl (C=O) groups is 4. The Kier molecular flexibility index (Phi) is 5.29. The fraction of sp³-hybridized carbons (Fsp3) is 0.500. The molecule has 1 heterocycles. The number of ether oxygens (including phenoxy) is 1. The summed E-state index contributed by atoms with van der Waals surface area (Å²) in [5.41, 5.74) is 0.404. The normalized spacial score (nSPS) is 28.4. The number of nitrogens with zero attached hydrogens (tertiary/aromatic N) is 1. The van der Waals surface area contributed by atoms with Crippen molar-refractivity contribution in [3.05, 3.63) is 28.2 Å². The van der Waals surface area contributed by atoms with Crippen molar-refractivity contribution in [3.63, 3.8) is 0 Å². The van der Waals surface area contributed by atoms with Gasteiger partial charge in [0, 0.05) is 5.69 Å². The molecular formula is C20H20Cl2N2O5. The van der Waals surface area contributed by atoms with Gasteiger partial charge in [0.2, 0.25) is 11.8 Å². The van der Waals surface area contributed by atoms with Crippen molar-refractivity contribution in [1.82, 2.24) is 4.90 Å². The van der Waals surface area contributed by atoms with Crippen LogP contribution in [0.4, 0.5) is 5.69 Å². The van der Waals surface area contributed by atoms with Gasteiger partial charge in [0.25, 0.3) is 5.91 Å². The summed E-state index contributed by atoms with van der Waals surface area (Å²) >= 11 is 11.7. The van der Waals surface area contributed by atoms with Gasteiger partial charge in [-0.15, -0.1) is 0 Å². The third kappa shape index (κ3) is 3.51. The lowest BCUT2D eigenvalue weighted by atomic mass is 9.81. The molecule has 5 atom stereocenters. The van der Waals surface area contributed by atoms with Gasteiger partial charge in [0.1, 0.15) is 6.04 Å². The first-order chi connectivity index (χ1) is 13.8. The first kappa shape index (κ1) is 20.2. The molecule has 0 spiro atoms. The van der Waals surface area contributed by atoms with E-state index in [9.17, 15) is 19.2 Å². The Hall–Kier alpha value is -2.12. The number of nitrogens with one attached hydrogen (secondary N) is 1. The number of anilines is 1. The second-order valence-corrected chi connectivity index (χ2v) is 8.71. The van der Waals surface area contributed by atoms with Gasteiger partial charge in [-0.2, -0.15) is 0 Å². The Balaban J connectivity index is 1.34. The monoisotopic (exact) mass is 438 g/mol. The maximum Gasteiger partial charge on any atom is 0.329 e. The van der Waals surface area contributed by atoms with E-state index in [1.807, 2.05) is 0 Å². The van der Waals surface area contributed by atoms with Gasteiger partial charge >= 0.3 is 5.97 Å². The molecular weight excluding hydrogens is 419 g/mol. The van der Waals surface area contributed by atoms with Crippen LogP contribution in [0.2, 0.25) is 10.0 Å². The van der Waals surface area contributed by atoms with Crippen LogP contribution in [-0.4, -0.2) is 41.2 Å². The molecule has 1 aromatic carbocycles. The molecule has 0 aromatic heterocycles. The molecule has 3 aliphatic rings. The van der Waals surface area contributed by atoms with E-state index in [1.54, 1.807) is 6.07 Å². The topological polar surface area (TPSA) is 92.8 Å². The lowest BCUT2D eigenvalue weighted by Gasteiger charge is -2.23. The number of halogens is 2. The summed E-state index contributed by atoms with van der Waals surface area (Å²) in [4.78, 5) is 51.0. The molecule has 0 radical (unpaired) electrons. The third-order valence-electron chi connectivity index (χ3n) is 6.24. The molecule has 2 saturated carbocycles. The Bertz CT molecular complexity index is 877. The fourth-order valence-electron chi connectivity index (χ4n) is 4.95. The van der Waals surface area contributed by atoms with Crippen LogP contribution < -0.4 is 5.32 Å². The van der Waals surface area contributed by atoms with Crippen LogP contribution in [0.15, 0.2) is 18.2 Å². The van der Waals surface area contributed by atoms with Crippen molar-refractivity contribution in [3.8, 4) is 0 Å². The van der Waals surface area contributed by atoms with Gasteiger partial charge in [-0.05, 0) is 56.2 Å². The summed E-state index contributed by atoms with van der Waals surface area (Å²) in [5, 5.41) is 3.17. The number of fused-ring (bicyclic) bond motifs is 5. The Morgan fingerprint density at radius 1 is 1.14 bits per heavy atom. The summed E-state index contributed by atoms with van der Waals surface area (Å²) < 4.78 is 5.04. The molecule has 1 aromatic rings. The number of imide groups is 1. The van der Waals surface area contributed by atoms with Crippen molar-refractivity contribution >= 4 is 52.6 Å². The quantitative estimate of drug-likeness (QED) is 0.563. The van der Waals surface area contributed by atoms with Crippen LogP contribution >= 0.6 is 23.2 Å². The van der Waals surface area contributed by atoms with Crippen LogP contribution in [0.1, 0.15) is 26.2 Å². The summed E-state index contributed by atoms with van der Waals surface area (Å²) in [5.74, 6) is -2.03. The number of hydrogen-bond acceptors (Lipinski definition) is 5. The molecule has 29 heavy (non-hydrogen) atoms. The fourth-order valence-corrected chi connectivity index (χ4v) is 5.25. The average molecular weight is 439 g/mol. The van der Waals surface area contributed by atoms with E-state index in [4.69, 9.17) is 27.9 Å². The molecule has 1 saturated heterocycles. The second-order valence-electron chi connectivity index (χ2n) is 7.89. The van der Waals surface area contributed by atoms with Crippen molar-refractivity contribution in [2.75, 3.05) is 11.9 Å². The molecule has 2 aliphatic carbocycles. The SMILES string of the molecule is C[C@H](C(=O)OCC(=O)Nc1ccc(Cl)c(Cl)c1)N1C(=O)[C@@H]2[C@H]3CC[C@@H](C3)[C@@H]2C1=O. The van der Waals surface area contributed by atoms with E-state index in [0.717, 1.165) is 24.2 Å². The highest BCUT2D eigenvalue weighted by Crippen LogP contribution is 2.56. The first-order valence-electron chi connectivity index (χ1n) is 9.56. The van der Waals surface area contributed by atoms with Gasteiger partial charge in [0.15, 0.2) is 6.61 Å². The minimum Gasteiger partial charge on any atom is -0.454 e. The van der Waals surface area contributed by atoms with E-state index in [-0.39, 0.29) is 40.5 Å². The number of likely N-dealkylation sites (tertiary alicyclic amines) is 1. The summed E-state index contributed by atoms with van der Waals surface area (Å²) in [7, 11) is 0. The van der Waals surface area contributed by atoms with E-state index < -0.39 is 24.5 Å². The highest BCUT2D eigenvalue weighted by Gasteiger charge is 2.62. The van der Waals surface area contributed by atoms with Gasteiger partial charge < -0.3 is 10.1 Å². The van der Waals surface area contributed by atoms with Crippen LogP contribution in [-0.2, 0) is 23.9 Å². The standard InChI is InChI=1S/C20H20Cl2N2O5/c1-9(24-18(26)16-10-2-3-11(6-10)17(16)19(24)27)20(28)29-8-15(25)23-12-4-5-13(21)14(22)7-12/h4-5,7,9-11,16-17H,2-3,6,8H2,1H3,(H,23,25)/t9-,10+,11+,16-,17+/m1/s1. The number of carbonyl (C=O) groups excluding carboxylic acids is 4. The molecule has 1 N–H and O–H groups in total. The maximum atomic E-state index is 12.8. The van der Waals surface area contributed by atoms with Crippen molar-refractivity contribution in [2.45, 2.75) is 32.2 Å². The van der Waals surface area contributed by atoms with Crippen LogP contribution in [0.25, 0.3) is 0 Å². The molecule has 3 amide bonds. The number of esters is 1. The Morgan fingerprint density at radius 3 is 2.34 bits per heavy atom. The predicted octanol–water partition coefficient (Wildman–Crippen LogP) is 2.89. The molecule has 154 valence electrons. The lowest BCUT2D eigenvalue weighted by Crippen LogP contribution is -2.45. The maximum absolute atomic E-state index is 12.8. The molecule has 0 unspecified atom stereocenters. The van der Waals surface area contributed by atoms with Gasteiger partial charge in [-0.25, -0.2) is 4.79 Å². The van der Waals surface area contributed by atoms with Crippen LogP contribution in [0.5, 0.6) is 0 Å². The first-order valence-corrected chi connectivity index (χ1v) is 10.3. The van der Waals surface area contributed by atoms with Crippen LogP contribution in [0.3, 0.4) is 0 Å². The molecule has 7 nitrogen and oxygen atoms in total. The molecule has 3 fully saturated rings. The van der Waals surface area contributed by atoms with E-state index >= 15 is 0 Å². The van der Waals surface area contributed by atoms with E-state index in [0.29, 0.717) is 10.7 Å². The largest absolute Gasteiger partial charge is 0.454 e. The van der Waals surface area contributed by atoms with E-state index in [2.05, 4.69) is 5.32 Å². The Labute approximate surface area is 177 Å². The van der Waals surface area contributed by atoms with Crippen LogP contribution in [0, 0.1) is 23.7 Å². The van der Waals surface area contributed by atoms with Crippen molar-refractivity contribution in [1.29, 1.82) is 0 Å². The minimum absolute atomic E-state index is 0.242. The minimum atomic E-state index is -1.06. The highest BCUT2D eigenvalue weighted by atomic mass is 35.5. The summed E-state index contributed by atoms with van der Waals surface area (Å²) in [6.07, 6.45) is 2.85. The number of amides is 3. The number of rotatable bonds is 5. The van der Waals surface area contributed by atoms with Gasteiger partial charge in [-0.3, -0.25) is 19.3 Å². The second kappa shape index (κ2) is 7.61. The number of hydrogen-bond donors (Lipinski definition) is 1. The van der Waals surface area contributed by atoms with Crippen molar-refractivity contribution in [2.24, 2.45) is 23.7 Å². The molecule has 2 bridgehead atoms. The zero-order valence-electron chi connectivity index (χ0n) is 15.7. The number of benzene rings is 1. The predicted molar refractivity (Wildman–Crippen MR) is 105 cm³/mol. The van der Waals surface area contributed by atoms with Crippen molar-refractivity contribution < 1.29 is 23.9 Å². The average Bonchev–Trinajstić information content (AvgIpc) is 3.36. The molecule has 1 aliphatic heterocycles. The summed E-state index contributed by atoms with van der Waals surface area (Å²) in [6.45, 7) is 0.912. The summed E-state index contributed by atoms with van der Waals surface area (Å²) in [6, 6.07) is 3.51. The van der Waals surface area contributed by atoms with E-state index in [1.165, 1.54) is 19.1 Å². The highest BCUT2D eigenvalue weighted by molar-refractivity contribution is 6.42. The van der Waals surface area contributed by atoms with Gasteiger partial charge in [0.05, 0.1) is 21.9 Å². The third-order valence-corrected chi connectivity index (χ3v) is 6.98. The van der Waals surface area contributed by atoms with Gasteiger partial charge in [-0.1, -0.05) is 23.2 Å². The lowest BCUT2D eigenvalue weighted by molar-refractivity contribution is -0.159. The smallest absolute Gasteiger partial charge is 0.329 e. The zero-order chi connectivity index (χ0) is 20.9. The molecule has 9 heteroatoms. The zero-order valence-corrected chi connectivity index (χ0v) is 17.2. The molecule has 4 rings (SSSR count). The Morgan fingerprint density at radius 2 is 1.76 bits per heavy atom.